The Hall–Kier alpha value is -2.15. The van der Waals surface area contributed by atoms with Crippen LogP contribution < -0.4 is 0 Å². The molecule has 0 saturated carbocycles. The van der Waals surface area contributed by atoms with Crippen molar-refractivity contribution in [1.29, 1.82) is 0 Å². The van der Waals surface area contributed by atoms with Gasteiger partial charge in [0.25, 0.3) is 11.6 Å². The summed E-state index contributed by atoms with van der Waals surface area (Å²) < 4.78 is 5.13. The van der Waals surface area contributed by atoms with E-state index in [1.807, 2.05) is 0 Å². The molecule has 7 nitrogen and oxygen atoms in total. The van der Waals surface area contributed by atoms with Gasteiger partial charge in [0.15, 0.2) is 6.10 Å². The Balaban J connectivity index is 2.07. The van der Waals surface area contributed by atoms with Crippen molar-refractivity contribution in [2.24, 2.45) is 0 Å². The molecule has 0 aliphatic carbocycles. The van der Waals surface area contributed by atoms with Crippen molar-refractivity contribution in [3.05, 3.63) is 38.9 Å². The number of non-ortho nitro benzene ring substituents is 1. The SMILES string of the molecule is C[C@@H](OC(=O)c1cc([N+](=O)[O-])ccc1Cl)C(=O)N1CCCCC1. The third-order valence-corrected chi connectivity index (χ3v) is 4.01. The summed E-state index contributed by atoms with van der Waals surface area (Å²) in [5, 5.41) is 10.8. The summed E-state index contributed by atoms with van der Waals surface area (Å²) in [6, 6.07) is 3.50. The number of carbonyl (C=O) groups is 2. The van der Waals surface area contributed by atoms with Crippen LogP contribution in [-0.4, -0.2) is 40.9 Å². The molecule has 1 aliphatic heterocycles. The molecule has 1 aliphatic rings. The molecule has 0 unspecified atom stereocenters. The van der Waals surface area contributed by atoms with Crippen LogP contribution in [0.15, 0.2) is 18.2 Å². The number of amides is 1. The average Bonchev–Trinajstić information content (AvgIpc) is 2.54. The second kappa shape index (κ2) is 7.41. The summed E-state index contributed by atoms with van der Waals surface area (Å²) in [6.07, 6.45) is 1.99. The maximum atomic E-state index is 12.2. The van der Waals surface area contributed by atoms with Crippen LogP contribution in [0.25, 0.3) is 0 Å². The Bertz CT molecular complexity index is 628. The number of ether oxygens (including phenoxy) is 1. The van der Waals surface area contributed by atoms with Gasteiger partial charge in [0.1, 0.15) is 0 Å². The number of carbonyl (C=O) groups excluding carboxylic acids is 2. The lowest BCUT2D eigenvalue weighted by Gasteiger charge is -2.28. The second-order valence-corrected chi connectivity index (χ2v) is 5.76. The molecule has 0 bridgehead atoms. The van der Waals surface area contributed by atoms with E-state index < -0.39 is 17.0 Å². The number of nitro groups is 1. The summed E-state index contributed by atoms with van der Waals surface area (Å²) in [4.78, 5) is 36.2. The largest absolute Gasteiger partial charge is 0.449 e. The number of hydrogen-bond acceptors (Lipinski definition) is 5. The molecule has 1 atom stereocenters. The van der Waals surface area contributed by atoms with Crippen LogP contribution in [0, 0.1) is 10.1 Å². The molecule has 0 spiro atoms. The van der Waals surface area contributed by atoms with E-state index in [1.54, 1.807) is 4.90 Å². The standard InChI is InChI=1S/C15H17ClN2O5/c1-10(14(19)17-7-3-2-4-8-17)23-15(20)12-9-11(18(21)22)5-6-13(12)16/h5-6,9-10H,2-4,7-8H2,1H3/t10-/m1/s1. The van der Waals surface area contributed by atoms with Crippen LogP contribution in [0.3, 0.4) is 0 Å². The molecule has 1 fully saturated rings. The number of rotatable bonds is 4. The molecule has 1 aromatic carbocycles. The van der Waals surface area contributed by atoms with E-state index in [0.717, 1.165) is 25.3 Å². The Kier molecular flexibility index (Phi) is 5.54. The van der Waals surface area contributed by atoms with E-state index in [0.29, 0.717) is 13.1 Å². The molecule has 124 valence electrons. The smallest absolute Gasteiger partial charge is 0.340 e. The highest BCUT2D eigenvalue weighted by molar-refractivity contribution is 6.33. The summed E-state index contributed by atoms with van der Waals surface area (Å²) in [6.45, 7) is 2.79. The minimum absolute atomic E-state index is 0.0400. The first-order valence-corrected chi connectivity index (χ1v) is 7.71. The van der Waals surface area contributed by atoms with E-state index >= 15 is 0 Å². The number of esters is 1. The lowest BCUT2D eigenvalue weighted by molar-refractivity contribution is -0.384. The van der Waals surface area contributed by atoms with Gasteiger partial charge in [0.05, 0.1) is 15.5 Å². The quantitative estimate of drug-likeness (QED) is 0.477. The monoisotopic (exact) mass is 340 g/mol. The normalized spacial score (nSPS) is 15.8. The number of piperidine rings is 1. The maximum Gasteiger partial charge on any atom is 0.340 e. The first-order chi connectivity index (χ1) is 10.9. The average molecular weight is 341 g/mol. The third kappa shape index (κ3) is 4.19. The summed E-state index contributed by atoms with van der Waals surface area (Å²) in [5.41, 5.74) is -0.393. The van der Waals surface area contributed by atoms with Gasteiger partial charge in [-0.3, -0.25) is 14.9 Å². The molecule has 1 saturated heterocycles. The molecule has 1 aromatic rings. The molecule has 1 heterocycles. The predicted octanol–water partition coefficient (Wildman–Crippen LogP) is 2.81. The van der Waals surface area contributed by atoms with Crippen molar-refractivity contribution in [2.45, 2.75) is 32.3 Å². The molecule has 0 aromatic heterocycles. The molecule has 2 rings (SSSR count). The first kappa shape index (κ1) is 17.2. The van der Waals surface area contributed by atoms with Crippen molar-refractivity contribution in [3.63, 3.8) is 0 Å². The van der Waals surface area contributed by atoms with Crippen molar-refractivity contribution in [3.8, 4) is 0 Å². The summed E-state index contributed by atoms with van der Waals surface area (Å²) in [5.74, 6) is -1.11. The molecule has 1 amide bonds. The topological polar surface area (TPSA) is 89.7 Å². The van der Waals surface area contributed by atoms with Crippen molar-refractivity contribution >= 4 is 29.2 Å². The van der Waals surface area contributed by atoms with Crippen molar-refractivity contribution < 1.29 is 19.2 Å². The first-order valence-electron chi connectivity index (χ1n) is 7.34. The molecule has 23 heavy (non-hydrogen) atoms. The van der Waals surface area contributed by atoms with E-state index in [9.17, 15) is 19.7 Å². The van der Waals surface area contributed by atoms with Crippen LogP contribution in [0.1, 0.15) is 36.5 Å². The zero-order valence-electron chi connectivity index (χ0n) is 12.7. The van der Waals surface area contributed by atoms with E-state index in [1.165, 1.54) is 19.1 Å². The fourth-order valence-corrected chi connectivity index (χ4v) is 2.62. The van der Waals surface area contributed by atoms with Gasteiger partial charge in [-0.05, 0) is 32.3 Å². The van der Waals surface area contributed by atoms with Gasteiger partial charge in [-0.1, -0.05) is 11.6 Å². The van der Waals surface area contributed by atoms with Crippen LogP contribution in [0.2, 0.25) is 5.02 Å². The van der Waals surface area contributed by atoms with Crippen molar-refractivity contribution in [1.82, 2.24) is 4.90 Å². The lowest BCUT2D eigenvalue weighted by atomic mass is 10.1. The van der Waals surface area contributed by atoms with Gasteiger partial charge in [-0.2, -0.15) is 0 Å². The molecular formula is C15H17ClN2O5. The van der Waals surface area contributed by atoms with Gasteiger partial charge in [-0.25, -0.2) is 4.79 Å². The van der Waals surface area contributed by atoms with Gasteiger partial charge < -0.3 is 9.64 Å². The van der Waals surface area contributed by atoms with E-state index in [4.69, 9.17) is 16.3 Å². The Morgan fingerprint density at radius 2 is 1.96 bits per heavy atom. The van der Waals surface area contributed by atoms with Crippen LogP contribution >= 0.6 is 11.6 Å². The highest BCUT2D eigenvalue weighted by Crippen LogP contribution is 2.23. The molecule has 0 radical (unpaired) electrons. The zero-order chi connectivity index (χ0) is 17.0. The fourth-order valence-electron chi connectivity index (χ4n) is 2.43. The Labute approximate surface area is 138 Å². The predicted molar refractivity (Wildman–Crippen MR) is 83.4 cm³/mol. The Morgan fingerprint density at radius 1 is 1.30 bits per heavy atom. The third-order valence-electron chi connectivity index (χ3n) is 3.68. The fraction of sp³-hybridized carbons (Fsp3) is 0.467. The molecule has 0 N–H and O–H groups in total. The second-order valence-electron chi connectivity index (χ2n) is 5.35. The molecule has 8 heteroatoms. The summed E-state index contributed by atoms with van der Waals surface area (Å²) >= 11 is 5.89. The Morgan fingerprint density at radius 3 is 2.57 bits per heavy atom. The van der Waals surface area contributed by atoms with Crippen LogP contribution in [0.5, 0.6) is 0 Å². The van der Waals surface area contributed by atoms with Gasteiger partial charge in [-0.15, -0.1) is 0 Å². The number of halogens is 1. The van der Waals surface area contributed by atoms with Crippen LogP contribution in [-0.2, 0) is 9.53 Å². The zero-order valence-corrected chi connectivity index (χ0v) is 13.4. The van der Waals surface area contributed by atoms with Gasteiger partial charge >= 0.3 is 5.97 Å². The van der Waals surface area contributed by atoms with E-state index in [-0.39, 0.29) is 22.2 Å². The maximum absolute atomic E-state index is 12.2. The van der Waals surface area contributed by atoms with Gasteiger partial charge in [0.2, 0.25) is 0 Å². The molecular weight excluding hydrogens is 324 g/mol. The van der Waals surface area contributed by atoms with Crippen molar-refractivity contribution in [2.75, 3.05) is 13.1 Å². The number of nitro benzene ring substituents is 1. The number of hydrogen-bond donors (Lipinski definition) is 0. The highest BCUT2D eigenvalue weighted by Gasteiger charge is 2.26. The number of benzene rings is 1. The lowest BCUT2D eigenvalue weighted by Crippen LogP contribution is -2.42. The van der Waals surface area contributed by atoms with Crippen LogP contribution in [0.4, 0.5) is 5.69 Å². The number of likely N-dealkylation sites (tertiary alicyclic amines) is 1. The highest BCUT2D eigenvalue weighted by atomic mass is 35.5. The number of nitrogens with zero attached hydrogens (tertiary/aromatic N) is 2. The minimum atomic E-state index is -0.962. The minimum Gasteiger partial charge on any atom is -0.449 e. The van der Waals surface area contributed by atoms with E-state index in [2.05, 4.69) is 0 Å². The summed E-state index contributed by atoms with van der Waals surface area (Å²) in [7, 11) is 0. The van der Waals surface area contributed by atoms with Gasteiger partial charge in [0, 0.05) is 25.2 Å².